The van der Waals surface area contributed by atoms with Crippen molar-refractivity contribution in [2.75, 3.05) is 0 Å². The predicted octanol–water partition coefficient (Wildman–Crippen LogP) is 1.51. The summed E-state index contributed by atoms with van der Waals surface area (Å²) in [7, 11) is -0.806. The van der Waals surface area contributed by atoms with Crippen molar-refractivity contribution >= 4 is 31.6 Å². The summed E-state index contributed by atoms with van der Waals surface area (Å²) < 4.78 is 0. The standard InChI is InChI=1S/C9H8ClO2Si/c10-6-2-1-3-7(4-6)13-5-8(13)9(11)12/h1-4,8H,5H2,(H,11,12)/t8-/m1/s1. The Kier molecular flexibility index (Phi) is 2.13. The highest BCUT2D eigenvalue weighted by Gasteiger charge is 2.46. The normalized spacial score (nSPS) is 21.5. The summed E-state index contributed by atoms with van der Waals surface area (Å²) in [6.45, 7) is 0. The molecule has 1 heterocycles. The average molecular weight is 212 g/mol. The molecule has 0 aromatic heterocycles. The highest BCUT2D eigenvalue weighted by Crippen LogP contribution is 2.37. The first kappa shape index (κ1) is 8.78. The number of benzene rings is 1. The molecule has 0 spiro atoms. The Morgan fingerprint density at radius 1 is 1.62 bits per heavy atom. The largest absolute Gasteiger partial charge is 0.481 e. The lowest BCUT2D eigenvalue weighted by Crippen LogP contribution is -2.18. The molecular formula is C9H8ClO2Si. The number of halogens is 1. The fourth-order valence-corrected chi connectivity index (χ4v) is 4.08. The van der Waals surface area contributed by atoms with E-state index in [4.69, 9.17) is 16.7 Å². The molecule has 0 aliphatic carbocycles. The molecule has 1 N–H and O–H groups in total. The molecule has 1 fully saturated rings. The van der Waals surface area contributed by atoms with Crippen LogP contribution in [0.25, 0.3) is 0 Å². The van der Waals surface area contributed by atoms with E-state index in [0.29, 0.717) is 5.02 Å². The lowest BCUT2D eigenvalue weighted by molar-refractivity contribution is -0.135. The molecule has 2 nitrogen and oxygen atoms in total. The summed E-state index contributed by atoms with van der Waals surface area (Å²) in [6.07, 6.45) is 0. The molecule has 1 saturated heterocycles. The van der Waals surface area contributed by atoms with Crippen molar-refractivity contribution < 1.29 is 9.90 Å². The van der Waals surface area contributed by atoms with Gasteiger partial charge in [-0.15, -0.1) is 0 Å². The minimum absolute atomic E-state index is 0.0940. The summed E-state index contributed by atoms with van der Waals surface area (Å²) in [5, 5.41) is 10.6. The van der Waals surface area contributed by atoms with Gasteiger partial charge in [0.25, 0.3) is 0 Å². The molecule has 1 atom stereocenters. The summed E-state index contributed by atoms with van der Waals surface area (Å²) >= 11 is 5.81. The first-order chi connectivity index (χ1) is 6.18. The third kappa shape index (κ3) is 1.76. The Morgan fingerprint density at radius 3 is 2.92 bits per heavy atom. The number of carbonyl (C=O) groups is 1. The number of hydrogen-bond acceptors (Lipinski definition) is 1. The SMILES string of the molecule is O=C(O)[C@H]1C[Si]1c1cccc(Cl)c1. The monoisotopic (exact) mass is 211 g/mol. The fraction of sp³-hybridized carbons (Fsp3) is 0.222. The van der Waals surface area contributed by atoms with E-state index in [1.54, 1.807) is 0 Å². The van der Waals surface area contributed by atoms with Gasteiger partial charge in [-0.3, -0.25) is 4.79 Å². The van der Waals surface area contributed by atoms with Gasteiger partial charge in [0, 0.05) is 5.02 Å². The molecule has 0 bridgehead atoms. The van der Waals surface area contributed by atoms with Crippen molar-refractivity contribution in [1.82, 2.24) is 0 Å². The molecule has 0 amide bonds. The van der Waals surface area contributed by atoms with E-state index in [0.717, 1.165) is 11.2 Å². The minimum Gasteiger partial charge on any atom is -0.481 e. The second kappa shape index (κ2) is 3.16. The second-order valence-corrected chi connectivity index (χ2v) is 6.30. The highest BCUT2D eigenvalue weighted by atomic mass is 35.5. The third-order valence-electron chi connectivity index (χ3n) is 2.18. The van der Waals surface area contributed by atoms with Gasteiger partial charge in [-0.05, 0) is 18.2 Å². The molecule has 67 valence electrons. The van der Waals surface area contributed by atoms with E-state index in [1.165, 1.54) is 0 Å². The number of rotatable bonds is 2. The van der Waals surface area contributed by atoms with Crippen molar-refractivity contribution in [3.8, 4) is 0 Å². The van der Waals surface area contributed by atoms with Crippen LogP contribution in [0.2, 0.25) is 16.6 Å². The van der Waals surface area contributed by atoms with E-state index in [2.05, 4.69) is 0 Å². The van der Waals surface area contributed by atoms with Crippen molar-refractivity contribution in [2.45, 2.75) is 11.6 Å². The summed E-state index contributed by atoms with van der Waals surface area (Å²) in [5.41, 5.74) is -0.0940. The van der Waals surface area contributed by atoms with Crippen LogP contribution in [0.3, 0.4) is 0 Å². The number of hydrogen-bond donors (Lipinski definition) is 1. The molecule has 1 aromatic rings. The number of carboxylic acids is 1. The van der Waals surface area contributed by atoms with Gasteiger partial charge in [0.15, 0.2) is 0 Å². The van der Waals surface area contributed by atoms with Crippen LogP contribution in [0.1, 0.15) is 0 Å². The van der Waals surface area contributed by atoms with E-state index >= 15 is 0 Å². The van der Waals surface area contributed by atoms with Crippen LogP contribution < -0.4 is 5.19 Å². The van der Waals surface area contributed by atoms with Gasteiger partial charge >= 0.3 is 5.97 Å². The molecule has 2 rings (SSSR count). The summed E-state index contributed by atoms with van der Waals surface area (Å²) in [6, 6.07) is 8.40. The summed E-state index contributed by atoms with van der Waals surface area (Å²) in [4.78, 5) is 10.6. The van der Waals surface area contributed by atoms with Gasteiger partial charge in [0.2, 0.25) is 0 Å². The van der Waals surface area contributed by atoms with Crippen LogP contribution in [-0.4, -0.2) is 19.9 Å². The summed E-state index contributed by atoms with van der Waals surface area (Å²) in [5.74, 6) is -0.658. The third-order valence-corrected chi connectivity index (χ3v) is 5.08. The zero-order valence-corrected chi connectivity index (χ0v) is 8.58. The smallest absolute Gasteiger partial charge is 0.303 e. The minimum atomic E-state index is -0.806. The number of aliphatic carboxylic acids is 1. The Hall–Kier alpha value is -0.803. The van der Waals surface area contributed by atoms with Crippen LogP contribution in [0.5, 0.6) is 0 Å². The maximum Gasteiger partial charge on any atom is 0.303 e. The first-order valence-corrected chi connectivity index (χ1v) is 6.19. The van der Waals surface area contributed by atoms with Crippen LogP contribution in [0, 0.1) is 0 Å². The Bertz CT molecular complexity index is 353. The average Bonchev–Trinajstić information content (AvgIpc) is 2.82. The van der Waals surface area contributed by atoms with Gasteiger partial charge in [0.05, 0.1) is 5.54 Å². The van der Waals surface area contributed by atoms with Crippen molar-refractivity contribution in [1.29, 1.82) is 0 Å². The van der Waals surface area contributed by atoms with Gasteiger partial charge < -0.3 is 5.11 Å². The fourth-order valence-electron chi connectivity index (χ4n) is 1.40. The second-order valence-electron chi connectivity index (χ2n) is 3.13. The lowest BCUT2D eigenvalue weighted by atomic mass is 10.4. The Balaban J connectivity index is 2.16. The molecule has 1 aliphatic heterocycles. The van der Waals surface area contributed by atoms with Crippen molar-refractivity contribution in [2.24, 2.45) is 0 Å². The van der Waals surface area contributed by atoms with E-state index in [-0.39, 0.29) is 5.54 Å². The molecule has 0 unspecified atom stereocenters. The Labute approximate surface area is 82.8 Å². The molecule has 1 radical (unpaired) electrons. The van der Waals surface area contributed by atoms with Crippen LogP contribution in [0.15, 0.2) is 24.3 Å². The molecule has 1 aromatic carbocycles. The van der Waals surface area contributed by atoms with E-state index in [9.17, 15) is 4.79 Å². The zero-order chi connectivity index (χ0) is 9.42. The maximum atomic E-state index is 10.6. The molecule has 13 heavy (non-hydrogen) atoms. The molecular weight excluding hydrogens is 204 g/mol. The van der Waals surface area contributed by atoms with Crippen molar-refractivity contribution in [3.63, 3.8) is 0 Å². The maximum absolute atomic E-state index is 10.6. The highest BCUT2D eigenvalue weighted by molar-refractivity contribution is 6.87. The van der Waals surface area contributed by atoms with Crippen LogP contribution >= 0.6 is 11.6 Å². The number of carboxylic acid groups (broad SMARTS) is 1. The molecule has 1 aliphatic rings. The van der Waals surface area contributed by atoms with E-state index < -0.39 is 14.8 Å². The van der Waals surface area contributed by atoms with Crippen LogP contribution in [-0.2, 0) is 4.79 Å². The van der Waals surface area contributed by atoms with E-state index in [1.807, 2.05) is 24.3 Å². The predicted molar refractivity (Wildman–Crippen MR) is 53.0 cm³/mol. The lowest BCUT2D eigenvalue weighted by Gasteiger charge is -1.96. The Morgan fingerprint density at radius 2 is 2.38 bits per heavy atom. The topological polar surface area (TPSA) is 37.3 Å². The molecule has 0 saturated carbocycles. The molecule has 4 heteroatoms. The van der Waals surface area contributed by atoms with Crippen LogP contribution in [0.4, 0.5) is 0 Å². The van der Waals surface area contributed by atoms with Crippen molar-refractivity contribution in [3.05, 3.63) is 29.3 Å². The first-order valence-electron chi connectivity index (χ1n) is 4.03. The quantitative estimate of drug-likeness (QED) is 0.754. The zero-order valence-electron chi connectivity index (χ0n) is 6.83. The van der Waals surface area contributed by atoms with Gasteiger partial charge in [-0.25, -0.2) is 0 Å². The van der Waals surface area contributed by atoms with Gasteiger partial charge in [-0.1, -0.05) is 28.9 Å². The van der Waals surface area contributed by atoms with Gasteiger partial charge in [0.1, 0.15) is 8.80 Å². The van der Waals surface area contributed by atoms with Gasteiger partial charge in [-0.2, -0.15) is 0 Å².